The summed E-state index contributed by atoms with van der Waals surface area (Å²) in [5.41, 5.74) is 0. The summed E-state index contributed by atoms with van der Waals surface area (Å²) in [6.45, 7) is 1.94. The van der Waals surface area contributed by atoms with Gasteiger partial charge in [-0.3, -0.25) is 9.59 Å². The third-order valence-corrected chi connectivity index (χ3v) is 3.73. The Bertz CT molecular complexity index is 411. The summed E-state index contributed by atoms with van der Waals surface area (Å²) in [5.74, 6) is -1.40. The van der Waals surface area contributed by atoms with Crippen molar-refractivity contribution in [2.45, 2.75) is 25.8 Å². The van der Waals surface area contributed by atoms with E-state index >= 15 is 0 Å². The van der Waals surface area contributed by atoms with Crippen molar-refractivity contribution in [2.75, 3.05) is 6.54 Å². The molecule has 0 saturated heterocycles. The Kier molecular flexibility index (Phi) is 3.47. The lowest BCUT2D eigenvalue weighted by Gasteiger charge is -2.23. The first-order valence-corrected chi connectivity index (χ1v) is 6.55. The van der Waals surface area contributed by atoms with E-state index in [1.54, 1.807) is 17.9 Å². The molecule has 1 heterocycles. The molecule has 0 radical (unpaired) electrons. The van der Waals surface area contributed by atoms with Crippen LogP contribution in [0.15, 0.2) is 17.5 Å². The zero-order valence-corrected chi connectivity index (χ0v) is 10.4. The quantitative estimate of drug-likeness (QED) is 0.874. The van der Waals surface area contributed by atoms with Crippen LogP contribution >= 0.6 is 11.3 Å². The minimum Gasteiger partial charge on any atom is -0.481 e. The Balaban J connectivity index is 2.07. The van der Waals surface area contributed by atoms with Crippen molar-refractivity contribution in [1.82, 2.24) is 4.90 Å². The van der Waals surface area contributed by atoms with Crippen molar-refractivity contribution in [3.8, 4) is 0 Å². The number of carboxylic acids is 1. The monoisotopic (exact) mass is 253 g/mol. The van der Waals surface area contributed by atoms with Crippen molar-refractivity contribution in [2.24, 2.45) is 5.92 Å². The van der Waals surface area contributed by atoms with Crippen LogP contribution in [0.5, 0.6) is 0 Å². The average Bonchev–Trinajstić information content (AvgIpc) is 2.98. The van der Waals surface area contributed by atoms with Crippen molar-refractivity contribution in [3.63, 3.8) is 0 Å². The van der Waals surface area contributed by atoms with E-state index in [1.807, 2.05) is 11.4 Å². The first kappa shape index (κ1) is 12.1. The minimum absolute atomic E-state index is 0.0319. The van der Waals surface area contributed by atoms with Gasteiger partial charge in [-0.25, -0.2) is 0 Å². The Hall–Kier alpha value is -1.36. The lowest BCUT2D eigenvalue weighted by molar-refractivity contribution is -0.141. The van der Waals surface area contributed by atoms with Gasteiger partial charge in [-0.05, 0) is 24.3 Å². The average molecular weight is 253 g/mol. The van der Waals surface area contributed by atoms with Gasteiger partial charge >= 0.3 is 5.97 Å². The van der Waals surface area contributed by atoms with E-state index < -0.39 is 11.9 Å². The third kappa shape index (κ3) is 2.85. The van der Waals surface area contributed by atoms with E-state index in [-0.39, 0.29) is 11.9 Å². The maximum absolute atomic E-state index is 12.2. The van der Waals surface area contributed by atoms with E-state index in [0.29, 0.717) is 11.4 Å². The summed E-state index contributed by atoms with van der Waals surface area (Å²) in [6, 6.07) is 3.86. The molecule has 1 saturated carbocycles. The summed E-state index contributed by atoms with van der Waals surface area (Å²) < 4.78 is 0. The number of nitrogens with zero attached hydrogens (tertiary/aromatic N) is 1. The van der Waals surface area contributed by atoms with Crippen LogP contribution in [-0.2, 0) is 4.79 Å². The molecule has 1 fully saturated rings. The number of carbonyl (C=O) groups excluding carboxylic acids is 1. The van der Waals surface area contributed by atoms with Crippen LogP contribution in [0.4, 0.5) is 0 Å². The Morgan fingerprint density at radius 1 is 1.59 bits per heavy atom. The fourth-order valence-corrected chi connectivity index (χ4v) is 2.38. The van der Waals surface area contributed by atoms with Crippen molar-refractivity contribution < 1.29 is 14.7 Å². The minimum atomic E-state index is -0.852. The number of carbonyl (C=O) groups is 2. The van der Waals surface area contributed by atoms with Gasteiger partial charge in [0.05, 0.1) is 10.8 Å². The van der Waals surface area contributed by atoms with E-state index in [9.17, 15) is 9.59 Å². The molecule has 0 aliphatic heterocycles. The zero-order valence-electron chi connectivity index (χ0n) is 9.63. The Labute approximate surface area is 104 Å². The lowest BCUT2D eigenvalue weighted by Crippen LogP contribution is -2.38. The van der Waals surface area contributed by atoms with Crippen molar-refractivity contribution >= 4 is 23.2 Å². The first-order chi connectivity index (χ1) is 8.09. The highest BCUT2D eigenvalue weighted by atomic mass is 32.1. The fourth-order valence-electron chi connectivity index (χ4n) is 1.70. The van der Waals surface area contributed by atoms with Gasteiger partial charge in [0, 0.05) is 12.6 Å². The van der Waals surface area contributed by atoms with E-state index in [0.717, 1.165) is 12.8 Å². The van der Waals surface area contributed by atoms with Gasteiger partial charge in [0.1, 0.15) is 0 Å². The molecule has 17 heavy (non-hydrogen) atoms. The Morgan fingerprint density at radius 2 is 2.29 bits per heavy atom. The number of amides is 1. The van der Waals surface area contributed by atoms with Gasteiger partial charge in [0.15, 0.2) is 0 Å². The maximum atomic E-state index is 12.2. The summed E-state index contributed by atoms with van der Waals surface area (Å²) in [6.07, 6.45) is 1.98. The van der Waals surface area contributed by atoms with Crippen LogP contribution in [-0.4, -0.2) is 34.5 Å². The molecule has 2 rings (SSSR count). The predicted molar refractivity (Wildman–Crippen MR) is 65.2 cm³/mol. The summed E-state index contributed by atoms with van der Waals surface area (Å²) in [7, 11) is 0. The molecule has 1 aromatic rings. The number of carboxylic acid groups (broad SMARTS) is 1. The molecule has 1 aliphatic carbocycles. The van der Waals surface area contributed by atoms with Crippen LogP contribution in [0.1, 0.15) is 29.4 Å². The van der Waals surface area contributed by atoms with Gasteiger partial charge in [-0.15, -0.1) is 11.3 Å². The molecule has 0 bridgehead atoms. The second kappa shape index (κ2) is 4.87. The molecule has 1 aliphatic rings. The van der Waals surface area contributed by atoms with Gasteiger partial charge in [0.2, 0.25) is 0 Å². The molecule has 4 nitrogen and oxygen atoms in total. The van der Waals surface area contributed by atoms with Crippen LogP contribution < -0.4 is 0 Å². The van der Waals surface area contributed by atoms with Gasteiger partial charge in [0.25, 0.3) is 5.91 Å². The van der Waals surface area contributed by atoms with Crippen molar-refractivity contribution in [3.05, 3.63) is 22.4 Å². The van der Waals surface area contributed by atoms with E-state index in [4.69, 9.17) is 5.11 Å². The van der Waals surface area contributed by atoms with E-state index in [2.05, 4.69) is 0 Å². The molecule has 92 valence electrons. The molecular weight excluding hydrogens is 238 g/mol. The van der Waals surface area contributed by atoms with Gasteiger partial charge < -0.3 is 10.0 Å². The molecule has 1 amide bonds. The second-order valence-electron chi connectivity index (χ2n) is 4.41. The van der Waals surface area contributed by atoms with Crippen LogP contribution in [0.2, 0.25) is 0 Å². The number of hydrogen-bond donors (Lipinski definition) is 1. The molecule has 0 spiro atoms. The smallest absolute Gasteiger partial charge is 0.308 e. The van der Waals surface area contributed by atoms with Gasteiger partial charge in [-0.1, -0.05) is 13.0 Å². The summed E-state index contributed by atoms with van der Waals surface area (Å²) in [4.78, 5) is 25.4. The van der Waals surface area contributed by atoms with Crippen LogP contribution in [0.3, 0.4) is 0 Å². The van der Waals surface area contributed by atoms with E-state index in [1.165, 1.54) is 11.3 Å². The number of aliphatic carboxylic acids is 1. The highest BCUT2D eigenvalue weighted by Crippen LogP contribution is 2.29. The molecule has 0 aromatic carbocycles. The molecule has 1 atom stereocenters. The number of hydrogen-bond acceptors (Lipinski definition) is 3. The van der Waals surface area contributed by atoms with Crippen LogP contribution in [0.25, 0.3) is 0 Å². The van der Waals surface area contributed by atoms with Crippen LogP contribution in [0, 0.1) is 5.92 Å². The summed E-state index contributed by atoms with van der Waals surface area (Å²) in [5, 5.41) is 10.8. The second-order valence-corrected chi connectivity index (χ2v) is 5.35. The van der Waals surface area contributed by atoms with Crippen molar-refractivity contribution in [1.29, 1.82) is 0 Å². The van der Waals surface area contributed by atoms with Gasteiger partial charge in [-0.2, -0.15) is 0 Å². The Morgan fingerprint density at radius 3 is 2.76 bits per heavy atom. The zero-order chi connectivity index (χ0) is 12.4. The largest absolute Gasteiger partial charge is 0.481 e. The fraction of sp³-hybridized carbons (Fsp3) is 0.500. The SMILES string of the molecule is C[C@H](CN(C(=O)c1cccs1)C1CC1)C(=O)O. The topological polar surface area (TPSA) is 57.6 Å². The number of rotatable bonds is 5. The molecule has 5 heteroatoms. The molecule has 0 unspecified atom stereocenters. The number of thiophene rings is 1. The molecule has 1 N–H and O–H groups in total. The highest BCUT2D eigenvalue weighted by molar-refractivity contribution is 7.12. The lowest BCUT2D eigenvalue weighted by atomic mass is 10.1. The maximum Gasteiger partial charge on any atom is 0.308 e. The highest BCUT2D eigenvalue weighted by Gasteiger charge is 2.35. The molecule has 1 aromatic heterocycles. The first-order valence-electron chi connectivity index (χ1n) is 5.67. The normalized spacial score (nSPS) is 16.5. The molecular formula is C12H15NO3S. The standard InChI is InChI=1S/C12H15NO3S/c1-8(12(15)16)7-13(9-4-5-9)11(14)10-3-2-6-17-10/h2-3,6,8-9H,4-5,7H2,1H3,(H,15,16)/t8-/m1/s1. The summed E-state index contributed by atoms with van der Waals surface area (Å²) >= 11 is 1.40. The third-order valence-electron chi connectivity index (χ3n) is 2.87. The predicted octanol–water partition coefficient (Wildman–Crippen LogP) is 2.07.